The molecule has 0 spiro atoms. The first-order valence-corrected chi connectivity index (χ1v) is 7.07. The van der Waals surface area contributed by atoms with Crippen molar-refractivity contribution >= 4 is 5.91 Å². The Morgan fingerprint density at radius 2 is 1.85 bits per heavy atom. The van der Waals surface area contributed by atoms with Crippen molar-refractivity contribution in [3.63, 3.8) is 0 Å². The minimum atomic E-state index is -0.235. The average molecular weight is 280 g/mol. The Balaban J connectivity index is 2.10. The number of unbranched alkanes of at least 4 members (excludes halogenated alkanes) is 1. The van der Waals surface area contributed by atoms with Gasteiger partial charge in [-0.25, -0.2) is 0 Å². The van der Waals surface area contributed by atoms with Gasteiger partial charge in [-0.05, 0) is 38.4 Å². The fraction of sp³-hybridized carbons (Fsp3) is 0.533. The highest BCUT2D eigenvalue weighted by Gasteiger charge is 2.02. The van der Waals surface area contributed by atoms with Gasteiger partial charge in [0, 0.05) is 13.0 Å². The largest absolute Gasteiger partial charge is 0.490 e. The molecule has 5 heteroatoms. The Morgan fingerprint density at radius 1 is 1.15 bits per heavy atom. The van der Waals surface area contributed by atoms with Gasteiger partial charge in [0.05, 0.1) is 6.61 Å². The van der Waals surface area contributed by atoms with Crippen LogP contribution in [-0.2, 0) is 4.79 Å². The number of amides is 1. The van der Waals surface area contributed by atoms with Gasteiger partial charge in [-0.15, -0.1) is 0 Å². The van der Waals surface area contributed by atoms with Crippen molar-refractivity contribution in [2.24, 2.45) is 5.73 Å². The van der Waals surface area contributed by atoms with Crippen molar-refractivity contribution in [1.29, 1.82) is 0 Å². The van der Waals surface area contributed by atoms with E-state index in [1.54, 1.807) is 0 Å². The fourth-order valence-electron chi connectivity index (χ4n) is 1.75. The number of carbonyl (C=O) groups excluding carboxylic acids is 1. The Bertz CT molecular complexity index is 396. The number of carbonyl (C=O) groups is 1. The van der Waals surface area contributed by atoms with Crippen molar-refractivity contribution < 1.29 is 14.3 Å². The van der Waals surface area contributed by atoms with Crippen LogP contribution in [0.3, 0.4) is 0 Å². The van der Waals surface area contributed by atoms with E-state index in [2.05, 4.69) is 5.32 Å². The van der Waals surface area contributed by atoms with E-state index in [9.17, 15) is 4.79 Å². The molecule has 0 saturated carbocycles. The molecule has 1 aromatic carbocycles. The predicted octanol–water partition coefficient (Wildman–Crippen LogP) is 1.71. The number of nitrogens with one attached hydrogen (secondary N) is 1. The summed E-state index contributed by atoms with van der Waals surface area (Å²) in [7, 11) is 0. The Hall–Kier alpha value is -1.75. The minimum Gasteiger partial charge on any atom is -0.490 e. The summed E-state index contributed by atoms with van der Waals surface area (Å²) >= 11 is 0. The van der Waals surface area contributed by atoms with E-state index in [0.717, 1.165) is 37.4 Å². The first-order chi connectivity index (χ1) is 9.74. The van der Waals surface area contributed by atoms with Gasteiger partial charge in [-0.3, -0.25) is 4.79 Å². The van der Waals surface area contributed by atoms with Crippen LogP contribution in [0.15, 0.2) is 24.3 Å². The first-order valence-electron chi connectivity index (χ1n) is 7.07. The van der Waals surface area contributed by atoms with E-state index in [0.29, 0.717) is 19.6 Å². The number of primary amides is 1. The lowest BCUT2D eigenvalue weighted by Gasteiger charge is -2.11. The van der Waals surface area contributed by atoms with E-state index in [-0.39, 0.29) is 5.91 Å². The molecule has 5 nitrogen and oxygen atoms in total. The second-order valence-electron chi connectivity index (χ2n) is 4.40. The van der Waals surface area contributed by atoms with E-state index < -0.39 is 0 Å². The van der Waals surface area contributed by atoms with Gasteiger partial charge in [-0.1, -0.05) is 12.1 Å². The van der Waals surface area contributed by atoms with Gasteiger partial charge in [0.1, 0.15) is 6.61 Å². The summed E-state index contributed by atoms with van der Waals surface area (Å²) in [6.45, 7) is 4.78. The van der Waals surface area contributed by atoms with Crippen LogP contribution in [0.5, 0.6) is 11.5 Å². The molecule has 0 bridgehead atoms. The number of ether oxygens (including phenoxy) is 2. The third kappa shape index (κ3) is 6.99. The van der Waals surface area contributed by atoms with Crippen LogP contribution in [-0.4, -0.2) is 32.2 Å². The SMILES string of the molecule is CCOc1ccccc1OCCNCCCCC(N)=O. The Labute approximate surface area is 120 Å². The Kier molecular flexibility index (Phi) is 8.22. The molecular formula is C15H24N2O3. The molecule has 0 saturated heterocycles. The zero-order chi connectivity index (χ0) is 14.6. The second-order valence-corrected chi connectivity index (χ2v) is 4.40. The molecule has 0 heterocycles. The molecule has 0 aliphatic rings. The van der Waals surface area contributed by atoms with Crippen LogP contribution in [0, 0.1) is 0 Å². The van der Waals surface area contributed by atoms with E-state index in [4.69, 9.17) is 15.2 Å². The van der Waals surface area contributed by atoms with E-state index >= 15 is 0 Å². The number of hydrogen-bond donors (Lipinski definition) is 2. The molecule has 0 aliphatic carbocycles. The zero-order valence-corrected chi connectivity index (χ0v) is 12.1. The number of rotatable bonds is 11. The first kappa shape index (κ1) is 16.3. The highest BCUT2D eigenvalue weighted by atomic mass is 16.5. The summed E-state index contributed by atoms with van der Waals surface area (Å²) in [5, 5.41) is 3.26. The van der Waals surface area contributed by atoms with Crippen LogP contribution in [0.1, 0.15) is 26.2 Å². The minimum absolute atomic E-state index is 0.235. The quantitative estimate of drug-likeness (QED) is 0.605. The lowest BCUT2D eigenvalue weighted by molar-refractivity contribution is -0.118. The lowest BCUT2D eigenvalue weighted by atomic mass is 10.2. The molecular weight excluding hydrogens is 256 g/mol. The normalized spacial score (nSPS) is 10.2. The smallest absolute Gasteiger partial charge is 0.217 e. The molecule has 112 valence electrons. The highest BCUT2D eigenvalue weighted by molar-refractivity contribution is 5.73. The van der Waals surface area contributed by atoms with Crippen LogP contribution in [0.2, 0.25) is 0 Å². The van der Waals surface area contributed by atoms with E-state index in [1.807, 2.05) is 31.2 Å². The van der Waals surface area contributed by atoms with Gasteiger partial charge in [0.15, 0.2) is 11.5 Å². The number of nitrogens with two attached hydrogens (primary N) is 1. The monoisotopic (exact) mass is 280 g/mol. The van der Waals surface area contributed by atoms with E-state index in [1.165, 1.54) is 0 Å². The second kappa shape index (κ2) is 10.1. The molecule has 0 atom stereocenters. The molecule has 1 amide bonds. The summed E-state index contributed by atoms with van der Waals surface area (Å²) in [5.74, 6) is 1.31. The number of hydrogen-bond acceptors (Lipinski definition) is 4. The molecule has 0 fully saturated rings. The summed E-state index contributed by atoms with van der Waals surface area (Å²) in [4.78, 5) is 10.5. The highest BCUT2D eigenvalue weighted by Crippen LogP contribution is 2.25. The van der Waals surface area contributed by atoms with Gasteiger partial charge in [0.2, 0.25) is 5.91 Å². The summed E-state index contributed by atoms with van der Waals surface area (Å²) < 4.78 is 11.2. The maximum Gasteiger partial charge on any atom is 0.217 e. The van der Waals surface area contributed by atoms with Gasteiger partial charge in [0.25, 0.3) is 0 Å². The Morgan fingerprint density at radius 3 is 2.50 bits per heavy atom. The molecule has 0 unspecified atom stereocenters. The standard InChI is InChI=1S/C15H24N2O3/c1-2-19-13-7-3-4-8-14(13)20-12-11-17-10-6-5-9-15(16)18/h3-4,7-8,17H,2,5-6,9-12H2,1H3,(H2,16,18). The third-order valence-corrected chi connectivity index (χ3v) is 2.71. The van der Waals surface area contributed by atoms with Gasteiger partial charge < -0.3 is 20.5 Å². The van der Waals surface area contributed by atoms with Crippen LogP contribution in [0.4, 0.5) is 0 Å². The molecule has 3 N–H and O–H groups in total. The predicted molar refractivity (Wildman–Crippen MR) is 79.0 cm³/mol. The fourth-order valence-corrected chi connectivity index (χ4v) is 1.75. The lowest BCUT2D eigenvalue weighted by Crippen LogP contribution is -2.22. The third-order valence-electron chi connectivity index (χ3n) is 2.71. The van der Waals surface area contributed by atoms with Crippen molar-refractivity contribution in [2.75, 3.05) is 26.3 Å². The zero-order valence-electron chi connectivity index (χ0n) is 12.1. The van der Waals surface area contributed by atoms with Crippen molar-refractivity contribution in [1.82, 2.24) is 5.32 Å². The molecule has 0 aromatic heterocycles. The van der Waals surface area contributed by atoms with Gasteiger partial charge in [-0.2, -0.15) is 0 Å². The maximum atomic E-state index is 10.5. The molecule has 20 heavy (non-hydrogen) atoms. The molecule has 1 rings (SSSR count). The maximum absolute atomic E-state index is 10.5. The van der Waals surface area contributed by atoms with Gasteiger partial charge >= 0.3 is 0 Å². The summed E-state index contributed by atoms with van der Waals surface area (Å²) in [6, 6.07) is 7.65. The summed E-state index contributed by atoms with van der Waals surface area (Å²) in [5.41, 5.74) is 5.07. The van der Waals surface area contributed by atoms with Crippen LogP contribution < -0.4 is 20.5 Å². The topological polar surface area (TPSA) is 73.6 Å². The summed E-state index contributed by atoms with van der Waals surface area (Å²) in [6.07, 6.45) is 2.23. The number of para-hydroxylation sites is 2. The van der Waals surface area contributed by atoms with Crippen molar-refractivity contribution in [3.8, 4) is 11.5 Å². The number of benzene rings is 1. The van der Waals surface area contributed by atoms with Crippen molar-refractivity contribution in [3.05, 3.63) is 24.3 Å². The van der Waals surface area contributed by atoms with Crippen LogP contribution >= 0.6 is 0 Å². The molecule has 0 aliphatic heterocycles. The van der Waals surface area contributed by atoms with Crippen LogP contribution in [0.25, 0.3) is 0 Å². The molecule has 0 radical (unpaired) electrons. The average Bonchev–Trinajstić information content (AvgIpc) is 2.43. The molecule has 1 aromatic rings. The van der Waals surface area contributed by atoms with Crippen molar-refractivity contribution in [2.45, 2.75) is 26.2 Å².